The Morgan fingerprint density at radius 3 is 2.72 bits per heavy atom. The van der Waals surface area contributed by atoms with Gasteiger partial charge in [-0.05, 0) is 42.3 Å². The fourth-order valence-electron chi connectivity index (χ4n) is 1.79. The third-order valence-electron chi connectivity index (χ3n) is 2.86. The molecule has 2 rings (SSSR count). The van der Waals surface area contributed by atoms with Crippen molar-refractivity contribution in [3.05, 3.63) is 58.6 Å². The molecular weight excluding hydrogens is 246 g/mol. The van der Waals surface area contributed by atoms with E-state index in [9.17, 15) is 0 Å². The zero-order valence-electron chi connectivity index (χ0n) is 10.5. The van der Waals surface area contributed by atoms with Gasteiger partial charge in [0.25, 0.3) is 0 Å². The molecule has 0 saturated carbocycles. The number of halogens is 1. The summed E-state index contributed by atoms with van der Waals surface area (Å²) >= 11 is 5.94. The lowest BCUT2D eigenvalue weighted by Gasteiger charge is -2.10. The molecule has 0 aliphatic rings. The molecule has 0 spiro atoms. The molecule has 3 heteroatoms. The maximum Gasteiger partial charge on any atom is 0.120 e. The summed E-state index contributed by atoms with van der Waals surface area (Å²) in [6, 6.07) is 13.8. The van der Waals surface area contributed by atoms with Gasteiger partial charge >= 0.3 is 0 Å². The monoisotopic (exact) mass is 261 g/mol. The Morgan fingerprint density at radius 2 is 2.00 bits per heavy atom. The predicted molar refractivity (Wildman–Crippen MR) is 76.5 cm³/mol. The van der Waals surface area contributed by atoms with E-state index < -0.39 is 0 Å². The Labute approximate surface area is 113 Å². The fraction of sp³-hybridized carbons (Fsp3) is 0.200. The quantitative estimate of drug-likeness (QED) is 0.888. The van der Waals surface area contributed by atoms with Crippen molar-refractivity contribution in [3.8, 4) is 5.75 Å². The molecule has 18 heavy (non-hydrogen) atoms. The van der Waals surface area contributed by atoms with Crippen LogP contribution >= 0.6 is 11.6 Å². The molecule has 0 atom stereocenters. The van der Waals surface area contributed by atoms with Crippen LogP contribution in [0.1, 0.15) is 11.1 Å². The van der Waals surface area contributed by atoms with Gasteiger partial charge in [0.2, 0.25) is 0 Å². The second-order valence-electron chi connectivity index (χ2n) is 4.16. The van der Waals surface area contributed by atoms with E-state index in [-0.39, 0.29) is 0 Å². The molecule has 0 amide bonds. The van der Waals surface area contributed by atoms with Gasteiger partial charge in [-0.15, -0.1) is 0 Å². The number of hydrogen-bond acceptors (Lipinski definition) is 2. The topological polar surface area (TPSA) is 21.3 Å². The van der Waals surface area contributed by atoms with Gasteiger partial charge in [-0.25, -0.2) is 0 Å². The highest BCUT2D eigenvalue weighted by atomic mass is 35.5. The average molecular weight is 262 g/mol. The lowest BCUT2D eigenvalue weighted by Crippen LogP contribution is -2.01. The summed E-state index contributed by atoms with van der Waals surface area (Å²) in [5.41, 5.74) is 3.48. The van der Waals surface area contributed by atoms with Gasteiger partial charge in [0.15, 0.2) is 0 Å². The largest absolute Gasteiger partial charge is 0.497 e. The van der Waals surface area contributed by atoms with Crippen molar-refractivity contribution in [3.63, 3.8) is 0 Å². The van der Waals surface area contributed by atoms with E-state index >= 15 is 0 Å². The molecule has 0 heterocycles. The third kappa shape index (κ3) is 3.17. The SMILES string of the molecule is COc1cccc(NCc2ccc(Cl)cc2C)c1. The van der Waals surface area contributed by atoms with Gasteiger partial charge in [-0.1, -0.05) is 23.7 Å². The maximum atomic E-state index is 5.94. The minimum Gasteiger partial charge on any atom is -0.497 e. The molecule has 2 aromatic carbocycles. The van der Waals surface area contributed by atoms with Gasteiger partial charge in [0.05, 0.1) is 7.11 Å². The van der Waals surface area contributed by atoms with Crippen molar-refractivity contribution >= 4 is 17.3 Å². The molecule has 0 fully saturated rings. The van der Waals surface area contributed by atoms with Crippen molar-refractivity contribution < 1.29 is 4.74 Å². The standard InChI is InChI=1S/C15H16ClNO/c1-11-8-13(16)7-6-12(11)10-17-14-4-3-5-15(9-14)18-2/h3-9,17H,10H2,1-2H3. The first-order chi connectivity index (χ1) is 8.69. The highest BCUT2D eigenvalue weighted by Gasteiger charge is 2.00. The van der Waals surface area contributed by atoms with E-state index in [4.69, 9.17) is 16.3 Å². The van der Waals surface area contributed by atoms with Gasteiger partial charge in [0.1, 0.15) is 5.75 Å². The summed E-state index contributed by atoms with van der Waals surface area (Å²) in [5, 5.41) is 4.15. The number of hydrogen-bond donors (Lipinski definition) is 1. The first-order valence-electron chi connectivity index (χ1n) is 5.82. The number of methoxy groups -OCH3 is 1. The summed E-state index contributed by atoms with van der Waals surface area (Å²) in [7, 11) is 1.67. The summed E-state index contributed by atoms with van der Waals surface area (Å²) < 4.78 is 5.19. The van der Waals surface area contributed by atoms with E-state index in [1.807, 2.05) is 42.5 Å². The summed E-state index contributed by atoms with van der Waals surface area (Å²) in [6.07, 6.45) is 0. The molecule has 2 nitrogen and oxygen atoms in total. The van der Waals surface area contributed by atoms with Crippen LogP contribution < -0.4 is 10.1 Å². The Kier molecular flexibility index (Phi) is 4.11. The molecular formula is C15H16ClNO. The minimum absolute atomic E-state index is 0.774. The number of nitrogens with one attached hydrogen (secondary N) is 1. The van der Waals surface area contributed by atoms with Crippen LogP contribution in [0.3, 0.4) is 0 Å². The number of anilines is 1. The maximum absolute atomic E-state index is 5.94. The fourth-order valence-corrected chi connectivity index (χ4v) is 2.01. The van der Waals surface area contributed by atoms with Crippen molar-refractivity contribution in [2.24, 2.45) is 0 Å². The van der Waals surface area contributed by atoms with Crippen LogP contribution in [-0.2, 0) is 6.54 Å². The van der Waals surface area contributed by atoms with E-state index in [2.05, 4.69) is 12.2 Å². The molecule has 1 N–H and O–H groups in total. The lowest BCUT2D eigenvalue weighted by molar-refractivity contribution is 0.415. The van der Waals surface area contributed by atoms with Crippen LogP contribution in [0.4, 0.5) is 5.69 Å². The Bertz CT molecular complexity index is 540. The summed E-state index contributed by atoms with van der Waals surface area (Å²) in [4.78, 5) is 0. The Morgan fingerprint density at radius 1 is 1.17 bits per heavy atom. The molecule has 0 aliphatic heterocycles. The van der Waals surface area contributed by atoms with Crippen molar-refractivity contribution in [2.75, 3.05) is 12.4 Å². The first kappa shape index (κ1) is 12.8. The second kappa shape index (κ2) is 5.78. The molecule has 2 aromatic rings. The number of rotatable bonds is 4. The zero-order valence-corrected chi connectivity index (χ0v) is 11.3. The second-order valence-corrected chi connectivity index (χ2v) is 4.59. The number of ether oxygens (including phenoxy) is 1. The van der Waals surface area contributed by atoms with Crippen LogP contribution in [0.5, 0.6) is 5.75 Å². The van der Waals surface area contributed by atoms with Gasteiger partial charge in [0, 0.05) is 23.3 Å². The van der Waals surface area contributed by atoms with Gasteiger partial charge < -0.3 is 10.1 Å². The molecule has 0 aromatic heterocycles. The minimum atomic E-state index is 0.774. The van der Waals surface area contributed by atoms with Crippen molar-refractivity contribution in [1.29, 1.82) is 0 Å². The lowest BCUT2D eigenvalue weighted by atomic mass is 10.1. The van der Waals surface area contributed by atoms with E-state index in [1.54, 1.807) is 7.11 Å². The van der Waals surface area contributed by atoms with Gasteiger partial charge in [-0.3, -0.25) is 0 Å². The van der Waals surface area contributed by atoms with E-state index in [1.165, 1.54) is 11.1 Å². The molecule has 0 radical (unpaired) electrons. The zero-order chi connectivity index (χ0) is 13.0. The van der Waals surface area contributed by atoms with Crippen LogP contribution in [0, 0.1) is 6.92 Å². The molecule has 0 unspecified atom stereocenters. The number of aryl methyl sites for hydroxylation is 1. The highest BCUT2D eigenvalue weighted by Crippen LogP contribution is 2.19. The highest BCUT2D eigenvalue weighted by molar-refractivity contribution is 6.30. The summed E-state index contributed by atoms with van der Waals surface area (Å²) in [5.74, 6) is 0.854. The Balaban J connectivity index is 2.06. The summed E-state index contributed by atoms with van der Waals surface area (Å²) in [6.45, 7) is 2.84. The molecule has 0 bridgehead atoms. The molecule has 0 saturated heterocycles. The van der Waals surface area contributed by atoms with Crippen LogP contribution in [0.25, 0.3) is 0 Å². The van der Waals surface area contributed by atoms with Crippen LogP contribution in [0.15, 0.2) is 42.5 Å². The predicted octanol–water partition coefficient (Wildman–Crippen LogP) is 4.27. The first-order valence-corrected chi connectivity index (χ1v) is 6.20. The van der Waals surface area contributed by atoms with Crippen molar-refractivity contribution in [2.45, 2.75) is 13.5 Å². The average Bonchev–Trinajstić information content (AvgIpc) is 2.38. The third-order valence-corrected chi connectivity index (χ3v) is 3.09. The molecule has 0 aliphatic carbocycles. The van der Waals surface area contributed by atoms with E-state index in [0.29, 0.717) is 0 Å². The van der Waals surface area contributed by atoms with Gasteiger partial charge in [-0.2, -0.15) is 0 Å². The normalized spacial score (nSPS) is 10.2. The molecule has 94 valence electrons. The van der Waals surface area contributed by atoms with E-state index in [0.717, 1.165) is 23.0 Å². The number of benzene rings is 2. The van der Waals surface area contributed by atoms with Crippen molar-refractivity contribution in [1.82, 2.24) is 0 Å². The Hall–Kier alpha value is -1.67. The van der Waals surface area contributed by atoms with Crippen LogP contribution in [0.2, 0.25) is 5.02 Å². The van der Waals surface area contributed by atoms with Crippen LogP contribution in [-0.4, -0.2) is 7.11 Å². The smallest absolute Gasteiger partial charge is 0.120 e.